The van der Waals surface area contributed by atoms with Crippen molar-refractivity contribution in [3.05, 3.63) is 54.1 Å². The van der Waals surface area contributed by atoms with E-state index < -0.39 is 0 Å². The molecule has 0 bridgehead atoms. The fourth-order valence-corrected chi connectivity index (χ4v) is 2.02. The van der Waals surface area contributed by atoms with Crippen molar-refractivity contribution in [3.8, 4) is 5.75 Å². The molecule has 0 spiro atoms. The smallest absolute Gasteiger partial charge is 0.120 e. The molecule has 0 aliphatic heterocycles. The van der Waals surface area contributed by atoms with Gasteiger partial charge in [-0.15, -0.1) is 11.6 Å². The van der Waals surface area contributed by atoms with Crippen molar-refractivity contribution in [2.24, 2.45) is 0 Å². The zero-order valence-electron chi connectivity index (χ0n) is 12.7. The van der Waals surface area contributed by atoms with Crippen LogP contribution >= 0.6 is 11.6 Å². The first-order valence-electron chi connectivity index (χ1n) is 7.21. The monoisotopic (exact) mass is 292 g/mol. The van der Waals surface area contributed by atoms with E-state index in [0.717, 1.165) is 30.6 Å². The third-order valence-electron chi connectivity index (χ3n) is 3.23. The molecule has 1 aromatic carbocycles. The summed E-state index contributed by atoms with van der Waals surface area (Å²) in [6.07, 6.45) is 5.19. The molecule has 0 saturated carbocycles. The van der Waals surface area contributed by atoms with Gasteiger partial charge in [0.1, 0.15) is 11.9 Å². The Morgan fingerprint density at radius 2 is 1.95 bits per heavy atom. The average molecular weight is 293 g/mol. The summed E-state index contributed by atoms with van der Waals surface area (Å²) in [5.74, 6) is 0.917. The summed E-state index contributed by atoms with van der Waals surface area (Å²) >= 11 is 6.20. The predicted molar refractivity (Wildman–Crippen MR) is 88.6 cm³/mol. The predicted octanol–water partition coefficient (Wildman–Crippen LogP) is 5.75. The number of rotatable bonds is 8. The SMILES string of the molecule is C=C(C)C(Cl)CCC(C)=CC(CC)Oc1ccccc1. The third kappa shape index (κ3) is 6.29. The first-order valence-corrected chi connectivity index (χ1v) is 7.65. The largest absolute Gasteiger partial charge is 0.486 e. The molecule has 20 heavy (non-hydrogen) atoms. The molecule has 2 atom stereocenters. The van der Waals surface area contributed by atoms with Gasteiger partial charge in [0.05, 0.1) is 5.38 Å². The molecule has 0 N–H and O–H groups in total. The number of hydrogen-bond donors (Lipinski definition) is 0. The van der Waals surface area contributed by atoms with Crippen molar-refractivity contribution in [1.29, 1.82) is 0 Å². The molecule has 0 aliphatic carbocycles. The lowest BCUT2D eigenvalue weighted by Crippen LogP contribution is -2.13. The number of halogens is 1. The highest BCUT2D eigenvalue weighted by Gasteiger charge is 2.08. The molecule has 1 aromatic rings. The highest BCUT2D eigenvalue weighted by Crippen LogP contribution is 2.19. The van der Waals surface area contributed by atoms with Crippen LogP contribution in [0.1, 0.15) is 40.0 Å². The number of para-hydroxylation sites is 1. The summed E-state index contributed by atoms with van der Waals surface area (Å²) < 4.78 is 5.96. The molecule has 1 rings (SSSR count). The van der Waals surface area contributed by atoms with E-state index in [9.17, 15) is 0 Å². The second kappa shape index (κ2) is 8.86. The molecular formula is C18H25ClO. The van der Waals surface area contributed by atoms with E-state index in [1.54, 1.807) is 0 Å². The van der Waals surface area contributed by atoms with Crippen molar-refractivity contribution >= 4 is 11.6 Å². The second-order valence-electron chi connectivity index (χ2n) is 5.24. The van der Waals surface area contributed by atoms with Gasteiger partial charge in [0.15, 0.2) is 0 Å². The van der Waals surface area contributed by atoms with Gasteiger partial charge in [-0.1, -0.05) is 42.8 Å². The second-order valence-corrected chi connectivity index (χ2v) is 5.77. The quantitative estimate of drug-likeness (QED) is 0.437. The van der Waals surface area contributed by atoms with E-state index in [-0.39, 0.29) is 11.5 Å². The molecular weight excluding hydrogens is 268 g/mol. The Balaban J connectivity index is 2.53. The van der Waals surface area contributed by atoms with E-state index in [2.05, 4.69) is 26.5 Å². The molecule has 0 fully saturated rings. The minimum atomic E-state index is 0.0634. The van der Waals surface area contributed by atoms with Crippen LogP contribution in [0.3, 0.4) is 0 Å². The number of alkyl halides is 1. The molecule has 110 valence electrons. The average Bonchev–Trinajstić information content (AvgIpc) is 2.44. The normalized spacial score (nSPS) is 14.7. The van der Waals surface area contributed by atoms with Gasteiger partial charge in [-0.3, -0.25) is 0 Å². The maximum absolute atomic E-state index is 6.20. The summed E-state index contributed by atoms with van der Waals surface area (Å²) in [5, 5.41) is 0.0634. The minimum absolute atomic E-state index is 0.0634. The molecule has 0 radical (unpaired) electrons. The Labute approximate surface area is 128 Å². The van der Waals surface area contributed by atoms with Crippen molar-refractivity contribution in [1.82, 2.24) is 0 Å². The highest BCUT2D eigenvalue weighted by atomic mass is 35.5. The lowest BCUT2D eigenvalue weighted by molar-refractivity contribution is 0.244. The van der Waals surface area contributed by atoms with Crippen molar-refractivity contribution in [3.63, 3.8) is 0 Å². The highest BCUT2D eigenvalue weighted by molar-refractivity contribution is 6.22. The van der Waals surface area contributed by atoms with Gasteiger partial charge in [-0.2, -0.15) is 0 Å². The Bertz CT molecular complexity index is 436. The van der Waals surface area contributed by atoms with Gasteiger partial charge < -0.3 is 4.74 Å². The van der Waals surface area contributed by atoms with E-state index >= 15 is 0 Å². The van der Waals surface area contributed by atoms with Crippen LogP contribution in [-0.2, 0) is 0 Å². The summed E-state index contributed by atoms with van der Waals surface area (Å²) in [6.45, 7) is 10.1. The van der Waals surface area contributed by atoms with Crippen LogP contribution in [0.15, 0.2) is 54.1 Å². The van der Waals surface area contributed by atoms with Crippen LogP contribution in [0, 0.1) is 0 Å². The van der Waals surface area contributed by atoms with Crippen molar-refractivity contribution in [2.45, 2.75) is 51.5 Å². The third-order valence-corrected chi connectivity index (χ3v) is 3.82. The molecule has 0 aliphatic rings. The Kier molecular flexibility index (Phi) is 7.46. The lowest BCUT2D eigenvalue weighted by Gasteiger charge is -2.16. The van der Waals surface area contributed by atoms with Crippen LogP contribution < -0.4 is 4.74 Å². The Morgan fingerprint density at radius 1 is 1.30 bits per heavy atom. The Morgan fingerprint density at radius 3 is 2.50 bits per heavy atom. The number of benzene rings is 1. The minimum Gasteiger partial charge on any atom is -0.486 e. The Hall–Kier alpha value is -1.21. The van der Waals surface area contributed by atoms with Crippen LogP contribution in [0.2, 0.25) is 0 Å². The lowest BCUT2D eigenvalue weighted by atomic mass is 10.0. The fourth-order valence-electron chi connectivity index (χ4n) is 1.91. The van der Waals surface area contributed by atoms with Gasteiger partial charge in [0, 0.05) is 0 Å². The summed E-state index contributed by atoms with van der Waals surface area (Å²) in [6, 6.07) is 9.95. The first kappa shape index (κ1) is 16.8. The number of ether oxygens (including phenoxy) is 1. The molecule has 0 heterocycles. The zero-order valence-corrected chi connectivity index (χ0v) is 13.5. The standard InChI is InChI=1S/C18H25ClO/c1-5-16(20-17-9-7-6-8-10-17)13-15(4)11-12-18(19)14(2)3/h6-10,13,16,18H,2,5,11-12H2,1,3-4H3. The molecule has 0 amide bonds. The molecule has 1 nitrogen and oxygen atoms in total. The van der Waals surface area contributed by atoms with E-state index in [1.807, 2.05) is 37.3 Å². The van der Waals surface area contributed by atoms with Crippen molar-refractivity contribution < 1.29 is 4.74 Å². The number of hydrogen-bond acceptors (Lipinski definition) is 1. The fraction of sp³-hybridized carbons (Fsp3) is 0.444. The number of allylic oxidation sites excluding steroid dienone is 2. The molecule has 0 aromatic heterocycles. The van der Waals surface area contributed by atoms with Gasteiger partial charge in [-0.05, 0) is 51.3 Å². The summed E-state index contributed by atoms with van der Waals surface area (Å²) in [7, 11) is 0. The van der Waals surface area contributed by atoms with E-state index in [4.69, 9.17) is 16.3 Å². The topological polar surface area (TPSA) is 9.23 Å². The van der Waals surface area contributed by atoms with Crippen LogP contribution in [0.5, 0.6) is 5.75 Å². The molecule has 2 heteroatoms. The maximum atomic E-state index is 6.20. The summed E-state index contributed by atoms with van der Waals surface area (Å²) in [5.41, 5.74) is 2.35. The van der Waals surface area contributed by atoms with Crippen LogP contribution in [-0.4, -0.2) is 11.5 Å². The summed E-state index contributed by atoms with van der Waals surface area (Å²) in [4.78, 5) is 0. The van der Waals surface area contributed by atoms with Gasteiger partial charge in [-0.25, -0.2) is 0 Å². The van der Waals surface area contributed by atoms with Gasteiger partial charge >= 0.3 is 0 Å². The van der Waals surface area contributed by atoms with Crippen molar-refractivity contribution in [2.75, 3.05) is 0 Å². The van der Waals surface area contributed by atoms with Gasteiger partial charge in [0.2, 0.25) is 0 Å². The van der Waals surface area contributed by atoms with E-state index in [1.165, 1.54) is 5.57 Å². The first-order chi connectivity index (χ1) is 9.52. The van der Waals surface area contributed by atoms with Gasteiger partial charge in [0.25, 0.3) is 0 Å². The molecule has 0 saturated heterocycles. The van der Waals surface area contributed by atoms with Crippen LogP contribution in [0.4, 0.5) is 0 Å². The van der Waals surface area contributed by atoms with Crippen LogP contribution in [0.25, 0.3) is 0 Å². The van der Waals surface area contributed by atoms with E-state index in [0.29, 0.717) is 0 Å². The molecule has 2 unspecified atom stereocenters. The maximum Gasteiger partial charge on any atom is 0.120 e. The zero-order chi connectivity index (χ0) is 15.0.